The molecular weight excluding hydrogens is 318 g/mol. The number of aryl methyl sites for hydroxylation is 2. The Kier molecular flexibility index (Phi) is 5.02. The molecule has 0 unspecified atom stereocenters. The Balaban J connectivity index is 1.85. The van der Waals surface area contributed by atoms with Gasteiger partial charge in [-0.1, -0.05) is 13.8 Å². The molecule has 2 fully saturated rings. The van der Waals surface area contributed by atoms with Crippen LogP contribution in [0, 0.1) is 24.2 Å². The molecule has 2 atom stereocenters. The molecule has 1 amide bonds. The van der Waals surface area contributed by atoms with Gasteiger partial charge in [0.2, 0.25) is 0 Å². The molecule has 0 spiro atoms. The van der Waals surface area contributed by atoms with Crippen molar-refractivity contribution in [3.63, 3.8) is 0 Å². The molecule has 0 aromatic carbocycles. The van der Waals surface area contributed by atoms with Crippen LogP contribution in [0.3, 0.4) is 0 Å². The van der Waals surface area contributed by atoms with Gasteiger partial charge in [0.05, 0.1) is 6.61 Å². The number of amides is 1. The number of aliphatic hydroxyl groups excluding tert-OH is 1. The highest BCUT2D eigenvalue weighted by Crippen LogP contribution is 2.38. The van der Waals surface area contributed by atoms with Gasteiger partial charge in [-0.25, -0.2) is 0 Å². The van der Waals surface area contributed by atoms with Crippen LogP contribution >= 0.6 is 0 Å². The molecular formula is C19H29N3O3. The number of aromatic nitrogens is 1. The molecule has 0 bridgehead atoms. The van der Waals surface area contributed by atoms with Crippen molar-refractivity contribution in [3.05, 3.63) is 33.7 Å². The summed E-state index contributed by atoms with van der Waals surface area (Å²) in [7, 11) is 0. The molecule has 2 saturated heterocycles. The topological polar surface area (TPSA) is 74.6 Å². The number of hydrogen-bond donors (Lipinski definition) is 2. The normalized spacial score (nSPS) is 25.6. The Morgan fingerprint density at radius 1 is 1.48 bits per heavy atom. The highest BCUT2D eigenvalue weighted by Gasteiger charge is 2.50. The third kappa shape index (κ3) is 3.25. The highest BCUT2D eigenvalue weighted by molar-refractivity contribution is 5.95. The van der Waals surface area contributed by atoms with Gasteiger partial charge in [0.15, 0.2) is 0 Å². The van der Waals surface area contributed by atoms with Crippen molar-refractivity contribution in [2.75, 3.05) is 32.8 Å². The Morgan fingerprint density at radius 2 is 2.24 bits per heavy atom. The minimum absolute atomic E-state index is 0.0703. The lowest BCUT2D eigenvalue weighted by molar-refractivity contribution is 0.0742. The SMILES string of the molecule is Cc1ccn(CCC(C)C)c(=O)c1C(=O)N1C[C@@H]2CNC[C@]2(CO)C1. The average molecular weight is 347 g/mol. The van der Waals surface area contributed by atoms with Gasteiger partial charge in [0.25, 0.3) is 11.5 Å². The Morgan fingerprint density at radius 3 is 2.88 bits per heavy atom. The second kappa shape index (κ2) is 6.92. The van der Waals surface area contributed by atoms with Crippen molar-refractivity contribution in [2.24, 2.45) is 17.3 Å². The number of likely N-dealkylation sites (tertiary alicyclic amines) is 1. The first-order valence-corrected chi connectivity index (χ1v) is 9.19. The van der Waals surface area contributed by atoms with E-state index in [2.05, 4.69) is 19.2 Å². The van der Waals surface area contributed by atoms with Gasteiger partial charge in [-0.05, 0) is 36.8 Å². The zero-order valence-electron chi connectivity index (χ0n) is 15.4. The summed E-state index contributed by atoms with van der Waals surface area (Å²) < 4.78 is 1.65. The van der Waals surface area contributed by atoms with E-state index in [0.717, 1.165) is 25.1 Å². The van der Waals surface area contributed by atoms with Gasteiger partial charge < -0.3 is 19.9 Å². The standard InChI is InChI=1S/C19H29N3O3/c1-13(2)4-6-21-7-5-14(3)16(17(21)24)18(25)22-9-15-8-20-10-19(15,11-22)12-23/h5,7,13,15,20,23H,4,6,8-12H2,1-3H3/t15-,19+/m0/s1. The maximum Gasteiger partial charge on any atom is 0.263 e. The van der Waals surface area contributed by atoms with Crippen LogP contribution in [0.5, 0.6) is 0 Å². The summed E-state index contributed by atoms with van der Waals surface area (Å²) in [6.07, 6.45) is 2.69. The molecule has 138 valence electrons. The number of rotatable bonds is 5. The lowest BCUT2D eigenvalue weighted by Gasteiger charge is -2.25. The van der Waals surface area contributed by atoms with Crippen LogP contribution in [0.25, 0.3) is 0 Å². The van der Waals surface area contributed by atoms with Crippen LogP contribution in [0.15, 0.2) is 17.1 Å². The summed E-state index contributed by atoms with van der Waals surface area (Å²) in [5.74, 6) is 0.569. The summed E-state index contributed by atoms with van der Waals surface area (Å²) in [6, 6.07) is 1.86. The first-order valence-electron chi connectivity index (χ1n) is 9.19. The number of nitrogens with zero attached hydrogens (tertiary/aromatic N) is 2. The number of pyridine rings is 1. The summed E-state index contributed by atoms with van der Waals surface area (Å²) in [5.41, 5.74) is 0.560. The quantitative estimate of drug-likeness (QED) is 0.828. The van der Waals surface area contributed by atoms with E-state index in [1.165, 1.54) is 0 Å². The van der Waals surface area contributed by atoms with Gasteiger partial charge in [0, 0.05) is 44.3 Å². The number of carbonyl (C=O) groups is 1. The van der Waals surface area contributed by atoms with E-state index in [1.54, 1.807) is 15.7 Å². The minimum atomic E-state index is -0.255. The van der Waals surface area contributed by atoms with Crippen molar-refractivity contribution in [1.82, 2.24) is 14.8 Å². The van der Waals surface area contributed by atoms with E-state index in [4.69, 9.17) is 0 Å². The maximum atomic E-state index is 13.1. The van der Waals surface area contributed by atoms with Crippen molar-refractivity contribution in [3.8, 4) is 0 Å². The average Bonchev–Trinajstić information content (AvgIpc) is 3.11. The molecule has 6 heteroatoms. The second-order valence-electron chi connectivity index (χ2n) is 8.09. The van der Waals surface area contributed by atoms with Crippen LogP contribution in [0.2, 0.25) is 0 Å². The molecule has 0 radical (unpaired) electrons. The van der Waals surface area contributed by atoms with Crippen molar-refractivity contribution in [1.29, 1.82) is 0 Å². The molecule has 6 nitrogen and oxygen atoms in total. The zero-order chi connectivity index (χ0) is 18.2. The fourth-order valence-electron chi connectivity index (χ4n) is 4.06. The molecule has 1 aromatic rings. The van der Waals surface area contributed by atoms with E-state index < -0.39 is 0 Å². The van der Waals surface area contributed by atoms with Crippen molar-refractivity contribution in [2.45, 2.75) is 33.7 Å². The van der Waals surface area contributed by atoms with Crippen LogP contribution in [0.1, 0.15) is 36.2 Å². The summed E-state index contributed by atoms with van der Waals surface area (Å²) in [6.45, 7) is 9.42. The van der Waals surface area contributed by atoms with Crippen molar-refractivity contribution >= 4 is 5.91 Å². The molecule has 3 heterocycles. The third-order valence-electron chi connectivity index (χ3n) is 5.82. The van der Waals surface area contributed by atoms with Gasteiger partial charge in [-0.2, -0.15) is 0 Å². The fourth-order valence-corrected chi connectivity index (χ4v) is 4.06. The lowest BCUT2D eigenvalue weighted by Crippen LogP contribution is -2.40. The molecule has 0 aliphatic carbocycles. The third-order valence-corrected chi connectivity index (χ3v) is 5.82. The van der Waals surface area contributed by atoms with E-state index >= 15 is 0 Å². The number of nitrogens with one attached hydrogen (secondary N) is 1. The Bertz CT molecular complexity index is 712. The summed E-state index contributed by atoms with van der Waals surface area (Å²) in [4.78, 5) is 27.7. The number of fused-ring (bicyclic) bond motifs is 1. The van der Waals surface area contributed by atoms with E-state index in [-0.39, 0.29) is 35.0 Å². The first-order chi connectivity index (χ1) is 11.9. The predicted molar refractivity (Wildman–Crippen MR) is 96.7 cm³/mol. The Hall–Kier alpha value is -1.66. The predicted octanol–water partition coefficient (Wildman–Crippen LogP) is 0.857. The van der Waals surface area contributed by atoms with Gasteiger partial charge in [-0.3, -0.25) is 9.59 Å². The molecule has 3 rings (SSSR count). The fraction of sp³-hybridized carbons (Fsp3) is 0.684. The molecule has 2 N–H and O–H groups in total. The van der Waals surface area contributed by atoms with Crippen LogP contribution < -0.4 is 10.9 Å². The van der Waals surface area contributed by atoms with Gasteiger partial charge in [0.1, 0.15) is 5.56 Å². The smallest absolute Gasteiger partial charge is 0.263 e. The van der Waals surface area contributed by atoms with Crippen LogP contribution in [-0.4, -0.2) is 53.3 Å². The first kappa shape index (κ1) is 18.1. The Labute approximate surface area is 148 Å². The van der Waals surface area contributed by atoms with E-state index in [9.17, 15) is 14.7 Å². The van der Waals surface area contributed by atoms with E-state index in [1.807, 2.05) is 13.0 Å². The largest absolute Gasteiger partial charge is 0.396 e. The highest BCUT2D eigenvalue weighted by atomic mass is 16.3. The number of hydrogen-bond acceptors (Lipinski definition) is 4. The molecule has 1 aromatic heterocycles. The summed E-state index contributed by atoms with van der Waals surface area (Å²) in [5, 5.41) is 13.1. The second-order valence-corrected chi connectivity index (χ2v) is 8.09. The summed E-state index contributed by atoms with van der Waals surface area (Å²) >= 11 is 0. The lowest BCUT2D eigenvalue weighted by atomic mass is 9.82. The van der Waals surface area contributed by atoms with Gasteiger partial charge >= 0.3 is 0 Å². The van der Waals surface area contributed by atoms with Crippen molar-refractivity contribution < 1.29 is 9.90 Å². The molecule has 0 saturated carbocycles. The number of carbonyl (C=O) groups excluding carboxylic acids is 1. The molecule has 2 aliphatic rings. The van der Waals surface area contributed by atoms with Crippen LogP contribution in [0.4, 0.5) is 0 Å². The zero-order valence-corrected chi connectivity index (χ0v) is 15.4. The van der Waals surface area contributed by atoms with E-state index in [0.29, 0.717) is 25.6 Å². The minimum Gasteiger partial charge on any atom is -0.396 e. The number of aliphatic hydroxyl groups is 1. The molecule has 25 heavy (non-hydrogen) atoms. The molecule has 2 aliphatic heterocycles. The maximum absolute atomic E-state index is 13.1. The van der Waals surface area contributed by atoms with Gasteiger partial charge in [-0.15, -0.1) is 0 Å². The van der Waals surface area contributed by atoms with Crippen LogP contribution in [-0.2, 0) is 6.54 Å². The monoisotopic (exact) mass is 347 g/mol.